The van der Waals surface area contributed by atoms with Gasteiger partial charge in [0, 0.05) is 5.02 Å². The number of halogens is 1. The van der Waals surface area contributed by atoms with Gasteiger partial charge in [0.2, 0.25) is 9.84 Å². The highest BCUT2D eigenvalue weighted by molar-refractivity contribution is 7.95. The van der Waals surface area contributed by atoms with Gasteiger partial charge in [0.1, 0.15) is 17.6 Å². The molecule has 0 atom stereocenters. The molecule has 0 fully saturated rings. The number of hydrogen-bond acceptors (Lipinski definition) is 5. The summed E-state index contributed by atoms with van der Waals surface area (Å²) in [6.45, 7) is 6.84. The number of rotatable bonds is 7. The van der Waals surface area contributed by atoms with Crippen LogP contribution in [-0.4, -0.2) is 15.5 Å². The van der Waals surface area contributed by atoms with Gasteiger partial charge in [0.15, 0.2) is 11.5 Å². The second kappa shape index (κ2) is 10.3. The molecule has 5 nitrogen and oxygen atoms in total. The Hall–Kier alpha value is -3.27. The average molecular weight is 496 g/mol. The normalized spacial score (nSPS) is 12.2. The van der Waals surface area contributed by atoms with Crippen LogP contribution in [0.4, 0.5) is 0 Å². The lowest BCUT2D eigenvalue weighted by Crippen LogP contribution is -2.10. The third kappa shape index (κ3) is 5.99. The fourth-order valence-corrected chi connectivity index (χ4v) is 4.50. The van der Waals surface area contributed by atoms with E-state index in [0.29, 0.717) is 28.7 Å². The first-order valence-corrected chi connectivity index (χ1v) is 12.4. The molecule has 0 bridgehead atoms. The molecule has 0 spiro atoms. The molecule has 0 aliphatic carbocycles. The van der Waals surface area contributed by atoms with Crippen LogP contribution in [0.25, 0.3) is 6.08 Å². The molecule has 0 aliphatic rings. The van der Waals surface area contributed by atoms with Gasteiger partial charge in [-0.3, -0.25) is 0 Å². The van der Waals surface area contributed by atoms with Crippen LogP contribution in [0.5, 0.6) is 11.5 Å². The van der Waals surface area contributed by atoms with E-state index in [9.17, 15) is 13.7 Å². The third-order valence-corrected chi connectivity index (χ3v) is 7.16. The number of nitriles is 1. The number of nitrogens with zero attached hydrogens (tertiary/aromatic N) is 1. The van der Waals surface area contributed by atoms with Gasteiger partial charge in [-0.1, -0.05) is 62.7 Å². The van der Waals surface area contributed by atoms with Gasteiger partial charge in [-0.25, -0.2) is 8.42 Å². The molecular formula is C27H26ClNO4S. The van der Waals surface area contributed by atoms with Crippen molar-refractivity contribution >= 4 is 27.5 Å². The number of methoxy groups -OCH3 is 1. The Labute approximate surface area is 206 Å². The predicted molar refractivity (Wildman–Crippen MR) is 135 cm³/mol. The lowest BCUT2D eigenvalue weighted by atomic mass is 9.87. The smallest absolute Gasteiger partial charge is 0.216 e. The first-order valence-electron chi connectivity index (χ1n) is 10.6. The number of allylic oxidation sites excluding steroid dienone is 1. The summed E-state index contributed by atoms with van der Waals surface area (Å²) in [4.78, 5) is -0.390. The van der Waals surface area contributed by atoms with Gasteiger partial charge >= 0.3 is 0 Å². The lowest BCUT2D eigenvalue weighted by molar-refractivity contribution is 0.284. The first kappa shape index (κ1) is 25.4. The Morgan fingerprint density at radius 2 is 1.65 bits per heavy atom. The van der Waals surface area contributed by atoms with E-state index in [2.05, 4.69) is 32.9 Å². The van der Waals surface area contributed by atoms with Crippen LogP contribution in [-0.2, 0) is 21.9 Å². The SMILES string of the molecule is COc1cc(/C=C(\C#N)S(=O)(=O)c2ccc(Cl)cc2)ccc1OCc1ccc(C(C)(C)C)cc1. The molecule has 0 heterocycles. The molecule has 3 aromatic rings. The molecule has 0 unspecified atom stereocenters. The second-order valence-corrected chi connectivity index (χ2v) is 11.1. The van der Waals surface area contributed by atoms with Crippen molar-refractivity contribution in [2.24, 2.45) is 0 Å². The first-order chi connectivity index (χ1) is 16.0. The number of hydrogen-bond donors (Lipinski definition) is 0. The van der Waals surface area contributed by atoms with Gasteiger partial charge in [0.05, 0.1) is 12.0 Å². The van der Waals surface area contributed by atoms with Crippen molar-refractivity contribution in [2.75, 3.05) is 7.11 Å². The second-order valence-electron chi connectivity index (χ2n) is 8.72. The Kier molecular flexibility index (Phi) is 7.71. The molecule has 7 heteroatoms. The highest BCUT2D eigenvalue weighted by Gasteiger charge is 2.21. The molecule has 3 rings (SSSR count). The van der Waals surface area contributed by atoms with Crippen molar-refractivity contribution in [3.8, 4) is 17.6 Å². The number of sulfone groups is 1. The van der Waals surface area contributed by atoms with Crippen molar-refractivity contribution in [1.82, 2.24) is 0 Å². The summed E-state index contributed by atoms with van der Waals surface area (Å²) in [7, 11) is -2.48. The molecular weight excluding hydrogens is 470 g/mol. The van der Waals surface area contributed by atoms with Crippen molar-refractivity contribution in [3.63, 3.8) is 0 Å². The Bertz CT molecular complexity index is 1330. The summed E-state index contributed by atoms with van der Waals surface area (Å²) in [6, 6.07) is 20.7. The minimum Gasteiger partial charge on any atom is -0.493 e. The van der Waals surface area contributed by atoms with E-state index in [4.69, 9.17) is 21.1 Å². The zero-order valence-corrected chi connectivity index (χ0v) is 21.1. The van der Waals surface area contributed by atoms with E-state index in [0.717, 1.165) is 5.56 Å². The molecule has 0 aromatic heterocycles. The van der Waals surface area contributed by atoms with Crippen LogP contribution in [0.3, 0.4) is 0 Å². The van der Waals surface area contributed by atoms with Gasteiger partial charge < -0.3 is 9.47 Å². The minimum absolute atomic E-state index is 0.00547. The zero-order chi connectivity index (χ0) is 24.9. The average Bonchev–Trinajstić information content (AvgIpc) is 2.81. The molecule has 0 saturated heterocycles. The maximum Gasteiger partial charge on any atom is 0.216 e. The fourth-order valence-electron chi connectivity index (χ4n) is 3.22. The zero-order valence-electron chi connectivity index (χ0n) is 19.5. The van der Waals surface area contributed by atoms with Gasteiger partial charge in [0.25, 0.3) is 0 Å². The highest BCUT2D eigenvalue weighted by Crippen LogP contribution is 2.31. The van der Waals surface area contributed by atoms with Gasteiger partial charge in [-0.05, 0) is 64.6 Å². The maximum atomic E-state index is 12.9. The van der Waals surface area contributed by atoms with E-state index < -0.39 is 9.84 Å². The third-order valence-electron chi connectivity index (χ3n) is 5.22. The Morgan fingerprint density at radius 1 is 1.00 bits per heavy atom. The maximum absolute atomic E-state index is 12.9. The minimum atomic E-state index is -3.99. The monoisotopic (exact) mass is 495 g/mol. The quantitative estimate of drug-likeness (QED) is 0.347. The van der Waals surface area contributed by atoms with Crippen LogP contribution < -0.4 is 9.47 Å². The van der Waals surface area contributed by atoms with Crippen LogP contribution in [0.1, 0.15) is 37.5 Å². The van der Waals surface area contributed by atoms with Crippen LogP contribution in [0, 0.1) is 11.3 Å². The summed E-state index contributed by atoms with van der Waals surface area (Å²) in [6.07, 6.45) is 1.31. The van der Waals surface area contributed by atoms with Crippen LogP contribution in [0.2, 0.25) is 5.02 Å². The molecule has 0 aliphatic heterocycles. The molecule has 3 aromatic carbocycles. The number of benzene rings is 3. The van der Waals surface area contributed by atoms with Crippen molar-refractivity contribution in [3.05, 3.63) is 93.3 Å². The fraction of sp³-hybridized carbons (Fsp3) is 0.222. The van der Waals surface area contributed by atoms with E-state index in [1.54, 1.807) is 24.3 Å². The molecule has 0 saturated carbocycles. The van der Waals surface area contributed by atoms with E-state index in [1.807, 2.05) is 12.1 Å². The summed E-state index contributed by atoms with van der Waals surface area (Å²) >= 11 is 5.84. The largest absolute Gasteiger partial charge is 0.493 e. The van der Waals surface area contributed by atoms with Crippen molar-refractivity contribution in [1.29, 1.82) is 5.26 Å². The highest BCUT2D eigenvalue weighted by atomic mass is 35.5. The summed E-state index contributed by atoms with van der Waals surface area (Å²) < 4.78 is 37.1. The number of ether oxygens (including phenoxy) is 2. The van der Waals surface area contributed by atoms with Gasteiger partial charge in [-0.15, -0.1) is 0 Å². The summed E-state index contributed by atoms with van der Waals surface area (Å²) in [5, 5.41) is 9.93. The Morgan fingerprint density at radius 3 is 2.21 bits per heavy atom. The molecule has 34 heavy (non-hydrogen) atoms. The molecule has 0 amide bonds. The molecule has 0 N–H and O–H groups in total. The topological polar surface area (TPSA) is 76.4 Å². The van der Waals surface area contributed by atoms with Crippen molar-refractivity contribution in [2.45, 2.75) is 37.7 Å². The van der Waals surface area contributed by atoms with E-state index >= 15 is 0 Å². The predicted octanol–water partition coefficient (Wildman–Crippen LogP) is 6.56. The standard InChI is InChI=1S/C27H26ClNO4S/c1-27(2,3)21-8-5-19(6-9-21)18-33-25-14-7-20(16-26(25)32-4)15-24(17-29)34(30,31)23-12-10-22(28)11-13-23/h5-16H,18H2,1-4H3/b24-15+. The molecule has 176 valence electrons. The Balaban J connectivity index is 1.82. The van der Waals surface area contributed by atoms with E-state index in [-0.39, 0.29) is 15.2 Å². The van der Waals surface area contributed by atoms with Gasteiger partial charge in [-0.2, -0.15) is 5.26 Å². The summed E-state index contributed by atoms with van der Waals surface area (Å²) in [5.41, 5.74) is 2.83. The van der Waals surface area contributed by atoms with E-state index in [1.165, 1.54) is 43.0 Å². The van der Waals surface area contributed by atoms with Crippen molar-refractivity contribution < 1.29 is 17.9 Å². The lowest BCUT2D eigenvalue weighted by Gasteiger charge is -2.19. The summed E-state index contributed by atoms with van der Waals surface area (Å²) in [5.74, 6) is 0.944. The molecule has 0 radical (unpaired) electrons. The van der Waals surface area contributed by atoms with Crippen LogP contribution in [0.15, 0.2) is 76.5 Å². The van der Waals surface area contributed by atoms with Crippen LogP contribution >= 0.6 is 11.6 Å².